The number of nitrogens with zero attached hydrogens (tertiary/aromatic N) is 4. The van der Waals surface area contributed by atoms with Gasteiger partial charge in [-0.25, -0.2) is 9.48 Å². The van der Waals surface area contributed by atoms with Crippen molar-refractivity contribution in [1.82, 2.24) is 19.3 Å². The normalized spacial score (nSPS) is 10.8. The predicted molar refractivity (Wildman–Crippen MR) is 104 cm³/mol. The van der Waals surface area contributed by atoms with E-state index < -0.39 is 5.97 Å². The first-order chi connectivity index (χ1) is 13.5. The lowest BCUT2D eigenvalue weighted by molar-refractivity contribution is 0.0696. The van der Waals surface area contributed by atoms with Crippen LogP contribution < -0.4 is 5.56 Å². The topological polar surface area (TPSA) is 90.0 Å². The number of aryl methyl sites for hydroxylation is 1. The molecule has 0 atom stereocenters. The van der Waals surface area contributed by atoms with Crippen LogP contribution in [0.2, 0.25) is 0 Å². The number of hydrogen-bond donors (Lipinski definition) is 1. The van der Waals surface area contributed by atoms with Crippen molar-refractivity contribution in [2.75, 3.05) is 0 Å². The van der Waals surface area contributed by atoms with E-state index in [-0.39, 0.29) is 11.1 Å². The van der Waals surface area contributed by atoms with Crippen LogP contribution in [0.3, 0.4) is 0 Å². The van der Waals surface area contributed by atoms with Gasteiger partial charge in [-0.15, -0.1) is 0 Å². The highest BCUT2D eigenvalue weighted by atomic mass is 16.4. The molecule has 0 saturated heterocycles. The summed E-state index contributed by atoms with van der Waals surface area (Å²) in [5.74, 6) is -1.02. The number of benzene rings is 1. The smallest absolute Gasteiger partial charge is 0.337 e. The summed E-state index contributed by atoms with van der Waals surface area (Å²) in [6, 6.07) is 11.9. The summed E-state index contributed by atoms with van der Waals surface area (Å²) in [7, 11) is 1.68. The maximum atomic E-state index is 12.2. The Hall–Kier alpha value is -4.00. The van der Waals surface area contributed by atoms with E-state index in [9.17, 15) is 14.7 Å². The number of rotatable bonds is 4. The molecule has 3 heterocycles. The summed E-state index contributed by atoms with van der Waals surface area (Å²) in [6.45, 7) is 0. The number of pyridine rings is 2. The van der Waals surface area contributed by atoms with E-state index in [2.05, 4.69) is 10.1 Å². The SMILES string of the molecule is Cn1cc(-c2cnn(-c3ccccc3C(=O)O)c2)c(-c2cccnc2)cc1=O. The number of aromatic carboxylic acids is 1. The minimum atomic E-state index is -1.02. The zero-order chi connectivity index (χ0) is 19.7. The summed E-state index contributed by atoms with van der Waals surface area (Å²) >= 11 is 0. The number of para-hydroxylation sites is 1. The van der Waals surface area contributed by atoms with E-state index in [0.29, 0.717) is 5.69 Å². The molecule has 28 heavy (non-hydrogen) atoms. The fraction of sp³-hybridized carbons (Fsp3) is 0.0476. The van der Waals surface area contributed by atoms with Gasteiger partial charge in [-0.2, -0.15) is 5.10 Å². The quantitative estimate of drug-likeness (QED) is 0.595. The number of aromatic nitrogens is 4. The van der Waals surface area contributed by atoms with Gasteiger partial charge in [-0.3, -0.25) is 9.78 Å². The van der Waals surface area contributed by atoms with Gasteiger partial charge in [-0.05, 0) is 23.8 Å². The maximum absolute atomic E-state index is 12.2. The second-order valence-electron chi connectivity index (χ2n) is 6.29. The fourth-order valence-corrected chi connectivity index (χ4v) is 3.07. The van der Waals surface area contributed by atoms with Crippen LogP contribution >= 0.6 is 0 Å². The number of carboxylic acids is 1. The van der Waals surface area contributed by atoms with E-state index >= 15 is 0 Å². The van der Waals surface area contributed by atoms with Crippen LogP contribution in [-0.2, 0) is 7.05 Å². The Morgan fingerprint density at radius 3 is 2.57 bits per heavy atom. The summed E-state index contributed by atoms with van der Waals surface area (Å²) in [6.07, 6.45) is 8.52. The van der Waals surface area contributed by atoms with Gasteiger partial charge in [0.2, 0.25) is 0 Å². The Labute approximate surface area is 160 Å². The molecule has 0 aliphatic carbocycles. The van der Waals surface area contributed by atoms with Crippen LogP contribution in [0.1, 0.15) is 10.4 Å². The van der Waals surface area contributed by atoms with Gasteiger partial charge < -0.3 is 9.67 Å². The molecule has 1 aromatic carbocycles. The molecule has 0 radical (unpaired) electrons. The van der Waals surface area contributed by atoms with Gasteiger partial charge in [0.1, 0.15) is 0 Å². The second kappa shape index (κ2) is 6.96. The minimum absolute atomic E-state index is 0.133. The maximum Gasteiger partial charge on any atom is 0.337 e. The summed E-state index contributed by atoms with van der Waals surface area (Å²) in [4.78, 5) is 27.8. The lowest BCUT2D eigenvalue weighted by Gasteiger charge is -2.10. The Balaban J connectivity index is 1.88. The molecule has 138 valence electrons. The first-order valence-electron chi connectivity index (χ1n) is 8.53. The molecule has 0 aliphatic rings. The molecule has 3 aromatic heterocycles. The van der Waals surface area contributed by atoms with Gasteiger partial charge in [0.15, 0.2) is 0 Å². The van der Waals surface area contributed by atoms with Crippen molar-refractivity contribution in [2.45, 2.75) is 0 Å². The molecule has 0 unspecified atom stereocenters. The average molecular weight is 372 g/mol. The Kier molecular flexibility index (Phi) is 4.33. The monoisotopic (exact) mass is 372 g/mol. The van der Waals surface area contributed by atoms with Crippen LogP contribution in [0.25, 0.3) is 27.9 Å². The van der Waals surface area contributed by atoms with Crippen molar-refractivity contribution in [3.63, 3.8) is 0 Å². The molecule has 0 aliphatic heterocycles. The van der Waals surface area contributed by atoms with E-state index in [4.69, 9.17) is 0 Å². The average Bonchev–Trinajstić information content (AvgIpc) is 3.20. The number of hydrogen-bond acceptors (Lipinski definition) is 4. The lowest BCUT2D eigenvalue weighted by Crippen LogP contribution is -2.15. The van der Waals surface area contributed by atoms with Crippen molar-refractivity contribution in [3.05, 3.63) is 89.4 Å². The molecule has 0 saturated carbocycles. The molecule has 0 spiro atoms. The molecule has 0 amide bonds. The highest BCUT2D eigenvalue weighted by Crippen LogP contribution is 2.30. The van der Waals surface area contributed by atoms with Crippen molar-refractivity contribution in [1.29, 1.82) is 0 Å². The first-order valence-corrected chi connectivity index (χ1v) is 8.53. The van der Waals surface area contributed by atoms with E-state index in [1.54, 1.807) is 62.3 Å². The lowest BCUT2D eigenvalue weighted by atomic mass is 9.99. The first kappa shape index (κ1) is 17.4. The fourth-order valence-electron chi connectivity index (χ4n) is 3.07. The molecular formula is C21H16N4O3. The molecule has 0 fully saturated rings. The van der Waals surface area contributed by atoms with Crippen molar-refractivity contribution in [2.24, 2.45) is 7.05 Å². The van der Waals surface area contributed by atoms with E-state index in [1.807, 2.05) is 12.1 Å². The standard InChI is InChI=1S/C21H16N4O3/c1-24-13-18(17(9-20(24)26)14-5-4-8-22-10-14)15-11-23-25(12-15)19-7-3-2-6-16(19)21(27)28/h2-13H,1H3,(H,27,28). The third-order valence-electron chi connectivity index (χ3n) is 4.48. The van der Waals surface area contributed by atoms with Gasteiger partial charge in [0.05, 0.1) is 17.4 Å². The predicted octanol–water partition coefficient (Wildman–Crippen LogP) is 3.00. The van der Waals surface area contributed by atoms with Crippen molar-refractivity contribution >= 4 is 5.97 Å². The van der Waals surface area contributed by atoms with Gasteiger partial charge in [-0.1, -0.05) is 18.2 Å². The van der Waals surface area contributed by atoms with Gasteiger partial charge in [0.25, 0.3) is 5.56 Å². The zero-order valence-electron chi connectivity index (χ0n) is 15.0. The number of carboxylic acid groups (broad SMARTS) is 1. The summed E-state index contributed by atoms with van der Waals surface area (Å²) < 4.78 is 3.02. The molecular weight excluding hydrogens is 356 g/mol. The van der Waals surface area contributed by atoms with Crippen LogP contribution in [0, 0.1) is 0 Å². The van der Waals surface area contributed by atoms with Crippen molar-refractivity contribution in [3.8, 4) is 27.9 Å². The zero-order valence-corrected chi connectivity index (χ0v) is 15.0. The number of carbonyl (C=O) groups is 1. The Bertz CT molecular complexity index is 1230. The highest BCUT2D eigenvalue weighted by molar-refractivity contribution is 5.92. The van der Waals surface area contributed by atoms with E-state index in [1.165, 1.54) is 15.3 Å². The Morgan fingerprint density at radius 2 is 1.82 bits per heavy atom. The Morgan fingerprint density at radius 1 is 1.00 bits per heavy atom. The minimum Gasteiger partial charge on any atom is -0.478 e. The molecule has 7 nitrogen and oxygen atoms in total. The van der Waals surface area contributed by atoms with E-state index in [0.717, 1.165) is 22.3 Å². The van der Waals surface area contributed by atoms with Crippen LogP contribution in [0.5, 0.6) is 0 Å². The molecule has 1 N–H and O–H groups in total. The van der Waals surface area contributed by atoms with Crippen LogP contribution in [0.4, 0.5) is 0 Å². The molecule has 4 aromatic rings. The van der Waals surface area contributed by atoms with Crippen LogP contribution in [-0.4, -0.2) is 30.4 Å². The molecule has 4 rings (SSSR count). The third kappa shape index (κ3) is 3.09. The second-order valence-corrected chi connectivity index (χ2v) is 6.29. The summed E-state index contributed by atoms with van der Waals surface area (Å²) in [5.41, 5.74) is 3.60. The summed E-state index contributed by atoms with van der Waals surface area (Å²) in [5, 5.41) is 13.8. The largest absolute Gasteiger partial charge is 0.478 e. The molecule has 0 bridgehead atoms. The highest BCUT2D eigenvalue weighted by Gasteiger charge is 2.15. The third-order valence-corrected chi connectivity index (χ3v) is 4.48. The van der Waals surface area contributed by atoms with Crippen LogP contribution in [0.15, 0.2) is 78.2 Å². The molecule has 7 heteroatoms. The van der Waals surface area contributed by atoms with Gasteiger partial charge in [0, 0.05) is 54.6 Å². The van der Waals surface area contributed by atoms with Gasteiger partial charge >= 0.3 is 5.97 Å². The van der Waals surface area contributed by atoms with Crippen molar-refractivity contribution < 1.29 is 9.90 Å².